The summed E-state index contributed by atoms with van der Waals surface area (Å²) in [4.78, 5) is 36.6. The van der Waals surface area contributed by atoms with Gasteiger partial charge in [-0.1, -0.05) is 61.9 Å². The largest absolute Gasteiger partial charge is 0.481 e. The van der Waals surface area contributed by atoms with Crippen molar-refractivity contribution < 1.29 is 24.2 Å². The van der Waals surface area contributed by atoms with Gasteiger partial charge in [-0.25, -0.2) is 4.79 Å². The molecule has 0 saturated heterocycles. The maximum atomic E-state index is 12.9. The lowest BCUT2D eigenvalue weighted by molar-refractivity contribution is -0.141. The van der Waals surface area contributed by atoms with Crippen LogP contribution in [0.15, 0.2) is 48.5 Å². The minimum atomic E-state index is -0.879. The summed E-state index contributed by atoms with van der Waals surface area (Å²) in [7, 11) is 0. The fraction of sp³-hybridized carbons (Fsp3) is 0.444. The van der Waals surface area contributed by atoms with Gasteiger partial charge in [-0.2, -0.15) is 0 Å². The van der Waals surface area contributed by atoms with Crippen LogP contribution < -0.4 is 10.6 Å². The van der Waals surface area contributed by atoms with E-state index < -0.39 is 23.4 Å². The highest BCUT2D eigenvalue weighted by Gasteiger charge is 2.46. The molecule has 3 atom stereocenters. The van der Waals surface area contributed by atoms with Crippen molar-refractivity contribution in [3.63, 3.8) is 0 Å². The zero-order valence-corrected chi connectivity index (χ0v) is 19.7. The Morgan fingerprint density at radius 1 is 1.09 bits per heavy atom. The number of fused-ring (bicyclic) bond motifs is 3. The van der Waals surface area contributed by atoms with Gasteiger partial charge in [0, 0.05) is 18.5 Å². The smallest absolute Gasteiger partial charge is 0.407 e. The van der Waals surface area contributed by atoms with Gasteiger partial charge in [0.1, 0.15) is 6.61 Å². The van der Waals surface area contributed by atoms with E-state index in [0.29, 0.717) is 25.8 Å². The summed E-state index contributed by atoms with van der Waals surface area (Å²) < 4.78 is 5.67. The number of hydrogen-bond donors (Lipinski definition) is 3. The Balaban J connectivity index is 1.35. The highest BCUT2D eigenvalue weighted by Crippen LogP contribution is 2.44. The van der Waals surface area contributed by atoms with E-state index in [4.69, 9.17) is 9.84 Å². The predicted octanol–water partition coefficient (Wildman–Crippen LogP) is 4.31. The highest BCUT2D eigenvalue weighted by molar-refractivity contribution is 5.84. The first kappa shape index (κ1) is 23.8. The molecular formula is C27H32N2O5. The summed E-state index contributed by atoms with van der Waals surface area (Å²) in [5, 5.41) is 14.8. The average Bonchev–Trinajstić information content (AvgIpc) is 3.36. The summed E-state index contributed by atoms with van der Waals surface area (Å²) in [6.07, 6.45) is 2.01. The van der Waals surface area contributed by atoms with Gasteiger partial charge in [0.25, 0.3) is 0 Å². The summed E-state index contributed by atoms with van der Waals surface area (Å²) in [6.45, 7) is 3.99. The Labute approximate surface area is 199 Å². The number of carbonyl (C=O) groups is 3. The molecule has 2 aromatic rings. The first-order chi connectivity index (χ1) is 16.3. The first-order valence-electron chi connectivity index (χ1n) is 11.9. The minimum Gasteiger partial charge on any atom is -0.481 e. The van der Waals surface area contributed by atoms with E-state index in [1.165, 1.54) is 11.1 Å². The number of carbonyl (C=O) groups excluding carboxylic acids is 2. The number of benzene rings is 2. The van der Waals surface area contributed by atoms with Gasteiger partial charge in [-0.05, 0) is 48.4 Å². The number of carboxylic acids is 1. The van der Waals surface area contributed by atoms with Gasteiger partial charge in [-0.15, -0.1) is 0 Å². The van der Waals surface area contributed by atoms with Crippen molar-refractivity contribution in [2.24, 2.45) is 11.3 Å². The number of aliphatic carboxylic acids is 1. The van der Waals surface area contributed by atoms with E-state index >= 15 is 0 Å². The Kier molecular flexibility index (Phi) is 6.91. The summed E-state index contributed by atoms with van der Waals surface area (Å²) in [6, 6.07) is 16.0. The van der Waals surface area contributed by atoms with Crippen LogP contribution in [-0.4, -0.2) is 42.3 Å². The van der Waals surface area contributed by atoms with Gasteiger partial charge in [-0.3, -0.25) is 9.59 Å². The van der Waals surface area contributed by atoms with E-state index in [-0.39, 0.29) is 24.5 Å². The van der Waals surface area contributed by atoms with Crippen molar-refractivity contribution in [1.29, 1.82) is 0 Å². The third-order valence-corrected chi connectivity index (χ3v) is 7.40. The molecule has 0 spiro atoms. The molecule has 2 amide bonds. The van der Waals surface area contributed by atoms with Crippen molar-refractivity contribution >= 4 is 18.0 Å². The number of ether oxygens (including phenoxy) is 1. The van der Waals surface area contributed by atoms with E-state index in [2.05, 4.69) is 34.9 Å². The van der Waals surface area contributed by atoms with Crippen molar-refractivity contribution in [3.8, 4) is 11.1 Å². The number of carboxylic acid groups (broad SMARTS) is 1. The molecule has 4 rings (SSSR count). The molecule has 7 heteroatoms. The summed E-state index contributed by atoms with van der Waals surface area (Å²) >= 11 is 0. The predicted molar refractivity (Wildman–Crippen MR) is 128 cm³/mol. The molecule has 34 heavy (non-hydrogen) atoms. The van der Waals surface area contributed by atoms with Gasteiger partial charge in [0.05, 0.1) is 11.3 Å². The van der Waals surface area contributed by atoms with Crippen LogP contribution in [0.4, 0.5) is 4.79 Å². The lowest BCUT2D eigenvalue weighted by atomic mass is 9.83. The third-order valence-electron chi connectivity index (χ3n) is 7.40. The molecule has 2 aliphatic rings. The number of hydrogen-bond acceptors (Lipinski definition) is 4. The Morgan fingerprint density at radius 2 is 1.71 bits per heavy atom. The Bertz CT molecular complexity index is 1040. The zero-order chi connectivity index (χ0) is 24.3. The van der Waals surface area contributed by atoms with Gasteiger partial charge < -0.3 is 20.5 Å². The molecule has 2 aliphatic carbocycles. The van der Waals surface area contributed by atoms with Crippen molar-refractivity contribution in [2.75, 3.05) is 13.2 Å². The fourth-order valence-electron chi connectivity index (χ4n) is 5.18. The maximum absolute atomic E-state index is 12.9. The molecule has 1 saturated carbocycles. The zero-order valence-electron chi connectivity index (χ0n) is 19.7. The topological polar surface area (TPSA) is 105 Å². The molecule has 0 aromatic heterocycles. The number of alkyl carbamates (subject to hydrolysis) is 1. The first-order valence-corrected chi connectivity index (χ1v) is 11.9. The van der Waals surface area contributed by atoms with Crippen LogP contribution >= 0.6 is 0 Å². The maximum Gasteiger partial charge on any atom is 0.407 e. The molecule has 2 aromatic carbocycles. The SMILES string of the molecule is CC(CCNC(=O)C1(C)CCCC1NC(=O)OCC1c2ccccc2-c2ccccc21)C(=O)O. The van der Waals surface area contributed by atoms with Crippen LogP contribution in [-0.2, 0) is 14.3 Å². The molecule has 180 valence electrons. The Hall–Kier alpha value is -3.35. The lowest BCUT2D eigenvalue weighted by Crippen LogP contribution is -2.51. The summed E-state index contributed by atoms with van der Waals surface area (Å²) in [5.74, 6) is -1.58. The molecule has 0 radical (unpaired) electrons. The van der Waals surface area contributed by atoms with Crippen molar-refractivity contribution in [1.82, 2.24) is 10.6 Å². The van der Waals surface area contributed by atoms with Crippen LogP contribution in [0, 0.1) is 11.3 Å². The third kappa shape index (κ3) is 4.65. The molecular weight excluding hydrogens is 432 g/mol. The van der Waals surface area contributed by atoms with Gasteiger partial charge in [0.2, 0.25) is 5.91 Å². The quantitative estimate of drug-likeness (QED) is 0.540. The van der Waals surface area contributed by atoms with E-state index in [1.807, 2.05) is 31.2 Å². The van der Waals surface area contributed by atoms with Crippen molar-refractivity contribution in [2.45, 2.75) is 51.5 Å². The van der Waals surface area contributed by atoms with Crippen molar-refractivity contribution in [3.05, 3.63) is 59.7 Å². The average molecular weight is 465 g/mol. The standard InChI is InChI=1S/C27H32N2O5/c1-17(24(30)31)13-15-28-25(32)27(2)14-7-12-23(27)29-26(33)34-16-22-20-10-5-3-8-18(20)19-9-4-6-11-21(19)22/h3-6,8-11,17,22-23H,7,12-16H2,1-2H3,(H,28,32)(H,29,33)(H,30,31). The molecule has 1 fully saturated rings. The molecule has 0 aliphatic heterocycles. The molecule has 0 heterocycles. The molecule has 3 N–H and O–H groups in total. The van der Waals surface area contributed by atoms with Crippen LogP contribution in [0.3, 0.4) is 0 Å². The second-order valence-corrected chi connectivity index (χ2v) is 9.62. The van der Waals surface area contributed by atoms with Crippen LogP contribution in [0.1, 0.15) is 56.6 Å². The van der Waals surface area contributed by atoms with E-state index in [1.54, 1.807) is 6.92 Å². The normalized spacial score (nSPS) is 21.9. The molecule has 7 nitrogen and oxygen atoms in total. The van der Waals surface area contributed by atoms with Crippen LogP contribution in [0.25, 0.3) is 11.1 Å². The second kappa shape index (κ2) is 9.87. The number of rotatable bonds is 8. The number of nitrogens with one attached hydrogen (secondary N) is 2. The number of amides is 2. The van der Waals surface area contributed by atoms with Crippen LogP contribution in [0.2, 0.25) is 0 Å². The second-order valence-electron chi connectivity index (χ2n) is 9.62. The van der Waals surface area contributed by atoms with Gasteiger partial charge >= 0.3 is 12.1 Å². The fourth-order valence-corrected chi connectivity index (χ4v) is 5.18. The van der Waals surface area contributed by atoms with E-state index in [9.17, 15) is 14.4 Å². The van der Waals surface area contributed by atoms with Gasteiger partial charge in [0.15, 0.2) is 0 Å². The minimum absolute atomic E-state index is 0.0207. The monoisotopic (exact) mass is 464 g/mol. The molecule has 3 unspecified atom stereocenters. The Morgan fingerprint density at radius 3 is 2.32 bits per heavy atom. The summed E-state index contributed by atoms with van der Waals surface area (Å²) in [5.41, 5.74) is 3.89. The molecule has 0 bridgehead atoms. The lowest BCUT2D eigenvalue weighted by Gasteiger charge is -2.31. The van der Waals surface area contributed by atoms with Crippen LogP contribution in [0.5, 0.6) is 0 Å². The van der Waals surface area contributed by atoms with E-state index in [0.717, 1.165) is 17.5 Å². The highest BCUT2D eigenvalue weighted by atomic mass is 16.5.